The van der Waals surface area contributed by atoms with E-state index in [2.05, 4.69) is 31.9 Å². The molecular formula is C9H6Br2O2S. The highest BCUT2D eigenvalue weighted by atomic mass is 79.9. The molecule has 0 saturated carbocycles. The molecule has 0 amide bonds. The molecule has 2 nitrogen and oxygen atoms in total. The lowest BCUT2D eigenvalue weighted by atomic mass is 10.2. The Kier molecular flexibility index (Phi) is 3.11. The van der Waals surface area contributed by atoms with Crippen molar-refractivity contribution in [2.75, 3.05) is 0 Å². The van der Waals surface area contributed by atoms with Crippen molar-refractivity contribution in [2.24, 2.45) is 0 Å². The van der Waals surface area contributed by atoms with E-state index in [1.807, 2.05) is 12.1 Å². The van der Waals surface area contributed by atoms with E-state index in [-0.39, 0.29) is 0 Å². The lowest BCUT2D eigenvalue weighted by Crippen LogP contribution is -1.93. The Morgan fingerprint density at radius 2 is 2.00 bits per heavy atom. The van der Waals surface area contributed by atoms with Crippen molar-refractivity contribution in [3.05, 3.63) is 43.4 Å². The minimum atomic E-state index is -0.683. The molecule has 0 aliphatic carbocycles. The molecule has 0 saturated heterocycles. The Labute approximate surface area is 102 Å². The smallest absolute Gasteiger partial charge is 0.169 e. The van der Waals surface area contributed by atoms with Gasteiger partial charge in [0.15, 0.2) is 4.67 Å². The van der Waals surface area contributed by atoms with Crippen molar-refractivity contribution >= 4 is 43.2 Å². The molecule has 1 unspecified atom stereocenters. The van der Waals surface area contributed by atoms with E-state index in [1.165, 1.54) is 11.3 Å². The normalized spacial score (nSPS) is 13.1. The number of hydrogen-bond donors (Lipinski definition) is 1. The first kappa shape index (κ1) is 10.4. The summed E-state index contributed by atoms with van der Waals surface area (Å²) in [5.74, 6) is 0.547. The van der Waals surface area contributed by atoms with E-state index in [0.29, 0.717) is 10.4 Å². The second kappa shape index (κ2) is 4.18. The van der Waals surface area contributed by atoms with Gasteiger partial charge >= 0.3 is 0 Å². The van der Waals surface area contributed by atoms with Crippen LogP contribution in [0.3, 0.4) is 0 Å². The van der Waals surface area contributed by atoms with Crippen molar-refractivity contribution in [3.8, 4) is 0 Å². The second-order valence-electron chi connectivity index (χ2n) is 2.69. The van der Waals surface area contributed by atoms with Crippen LogP contribution in [0.4, 0.5) is 0 Å². The van der Waals surface area contributed by atoms with Gasteiger partial charge in [-0.25, -0.2) is 0 Å². The summed E-state index contributed by atoms with van der Waals surface area (Å²) in [6.07, 6.45) is -0.683. The van der Waals surface area contributed by atoms with Crippen molar-refractivity contribution < 1.29 is 9.52 Å². The quantitative estimate of drug-likeness (QED) is 0.900. The van der Waals surface area contributed by atoms with E-state index in [9.17, 15) is 5.11 Å². The van der Waals surface area contributed by atoms with Crippen LogP contribution in [-0.2, 0) is 0 Å². The van der Waals surface area contributed by atoms with Gasteiger partial charge in [-0.1, -0.05) is 0 Å². The molecule has 0 bridgehead atoms. The Morgan fingerprint density at radius 3 is 2.50 bits per heavy atom. The van der Waals surface area contributed by atoms with E-state index in [1.54, 1.807) is 12.1 Å². The first-order valence-electron chi connectivity index (χ1n) is 3.85. The predicted molar refractivity (Wildman–Crippen MR) is 62.5 cm³/mol. The van der Waals surface area contributed by atoms with E-state index < -0.39 is 6.10 Å². The van der Waals surface area contributed by atoms with Crippen molar-refractivity contribution in [2.45, 2.75) is 6.10 Å². The fraction of sp³-hybridized carbons (Fsp3) is 0.111. The number of thiophene rings is 1. The third-order valence-corrected chi connectivity index (χ3v) is 3.83. The van der Waals surface area contributed by atoms with Gasteiger partial charge < -0.3 is 9.52 Å². The molecule has 74 valence electrons. The zero-order valence-electron chi connectivity index (χ0n) is 6.91. The van der Waals surface area contributed by atoms with Gasteiger partial charge in [-0.15, -0.1) is 11.3 Å². The first-order chi connectivity index (χ1) is 6.66. The van der Waals surface area contributed by atoms with Crippen LogP contribution in [0.25, 0.3) is 0 Å². The molecule has 2 rings (SSSR count). The molecule has 0 aliphatic rings. The van der Waals surface area contributed by atoms with Gasteiger partial charge in [0.05, 0.1) is 3.79 Å². The zero-order valence-corrected chi connectivity index (χ0v) is 10.9. The minimum absolute atomic E-state index is 0.547. The summed E-state index contributed by atoms with van der Waals surface area (Å²) in [5, 5.41) is 9.89. The number of hydrogen-bond acceptors (Lipinski definition) is 3. The maximum atomic E-state index is 9.89. The Hall–Kier alpha value is -0.100. The molecule has 2 aromatic rings. The van der Waals surface area contributed by atoms with Crippen LogP contribution in [0.5, 0.6) is 0 Å². The molecule has 0 aromatic carbocycles. The van der Waals surface area contributed by atoms with Gasteiger partial charge in [0, 0.05) is 4.88 Å². The van der Waals surface area contributed by atoms with Crippen molar-refractivity contribution in [1.82, 2.24) is 0 Å². The fourth-order valence-corrected chi connectivity index (χ4v) is 2.83. The molecule has 0 radical (unpaired) electrons. The molecule has 1 N–H and O–H groups in total. The van der Waals surface area contributed by atoms with Crippen molar-refractivity contribution in [3.63, 3.8) is 0 Å². The van der Waals surface area contributed by atoms with Gasteiger partial charge in [-0.2, -0.15) is 0 Å². The summed E-state index contributed by atoms with van der Waals surface area (Å²) < 4.78 is 6.89. The summed E-state index contributed by atoms with van der Waals surface area (Å²) >= 11 is 8.03. The third-order valence-electron chi connectivity index (χ3n) is 1.73. The maximum Gasteiger partial charge on any atom is 0.169 e. The SMILES string of the molecule is OC(c1ccc(Br)o1)c1ccc(Br)s1. The van der Waals surface area contributed by atoms with Crippen LogP contribution in [-0.4, -0.2) is 5.11 Å². The van der Waals surface area contributed by atoms with Crippen LogP contribution in [0, 0.1) is 0 Å². The van der Waals surface area contributed by atoms with Gasteiger partial charge in [-0.3, -0.25) is 0 Å². The molecule has 1 atom stereocenters. The largest absolute Gasteiger partial charge is 0.451 e. The number of rotatable bonds is 2. The third kappa shape index (κ3) is 2.11. The van der Waals surface area contributed by atoms with Crippen LogP contribution in [0.2, 0.25) is 0 Å². The molecule has 14 heavy (non-hydrogen) atoms. The Balaban J connectivity index is 2.28. The van der Waals surface area contributed by atoms with Gasteiger partial charge in [-0.05, 0) is 56.1 Å². The van der Waals surface area contributed by atoms with Crippen LogP contribution in [0.15, 0.2) is 37.1 Å². The fourth-order valence-electron chi connectivity index (χ4n) is 1.09. The molecule has 0 fully saturated rings. The minimum Gasteiger partial charge on any atom is -0.451 e. The summed E-state index contributed by atoms with van der Waals surface area (Å²) in [4.78, 5) is 0.860. The van der Waals surface area contributed by atoms with Crippen LogP contribution >= 0.6 is 43.2 Å². The van der Waals surface area contributed by atoms with Crippen molar-refractivity contribution in [1.29, 1.82) is 0 Å². The second-order valence-corrected chi connectivity index (χ2v) is 5.96. The summed E-state index contributed by atoms with van der Waals surface area (Å²) in [6.45, 7) is 0. The molecule has 2 heterocycles. The van der Waals surface area contributed by atoms with Crippen LogP contribution < -0.4 is 0 Å². The average molecular weight is 338 g/mol. The van der Waals surface area contributed by atoms with Gasteiger partial charge in [0.2, 0.25) is 0 Å². The topological polar surface area (TPSA) is 33.4 Å². The summed E-state index contributed by atoms with van der Waals surface area (Å²) in [6, 6.07) is 7.29. The van der Waals surface area contributed by atoms with Crippen LogP contribution in [0.1, 0.15) is 16.7 Å². The highest BCUT2D eigenvalue weighted by molar-refractivity contribution is 9.11. The predicted octanol–water partition coefficient (Wildman–Crippen LogP) is 3.95. The summed E-state index contributed by atoms with van der Waals surface area (Å²) in [7, 11) is 0. The highest BCUT2D eigenvalue weighted by Gasteiger charge is 2.15. The number of aliphatic hydroxyl groups is 1. The number of halogens is 2. The van der Waals surface area contributed by atoms with Gasteiger partial charge in [0.25, 0.3) is 0 Å². The monoisotopic (exact) mass is 336 g/mol. The first-order valence-corrected chi connectivity index (χ1v) is 6.25. The molecule has 2 aromatic heterocycles. The highest BCUT2D eigenvalue weighted by Crippen LogP contribution is 2.32. The number of aliphatic hydroxyl groups excluding tert-OH is 1. The zero-order chi connectivity index (χ0) is 10.1. The lowest BCUT2D eigenvalue weighted by Gasteiger charge is -2.03. The van der Waals surface area contributed by atoms with Gasteiger partial charge in [0.1, 0.15) is 11.9 Å². The lowest BCUT2D eigenvalue weighted by molar-refractivity contribution is 0.191. The maximum absolute atomic E-state index is 9.89. The number of furan rings is 1. The molecule has 0 spiro atoms. The Morgan fingerprint density at radius 1 is 1.21 bits per heavy atom. The van der Waals surface area contributed by atoms with E-state index in [0.717, 1.165) is 8.66 Å². The molecular weight excluding hydrogens is 332 g/mol. The average Bonchev–Trinajstić information content (AvgIpc) is 2.73. The summed E-state index contributed by atoms with van der Waals surface area (Å²) in [5.41, 5.74) is 0. The van der Waals surface area contributed by atoms with E-state index >= 15 is 0 Å². The standard InChI is InChI=1S/C9H6Br2O2S/c10-7-3-1-5(13-7)9(12)6-2-4-8(11)14-6/h1-4,9,12H. The Bertz CT molecular complexity index is 395. The molecule has 0 aliphatic heterocycles. The van der Waals surface area contributed by atoms with E-state index in [4.69, 9.17) is 4.42 Å². The molecule has 5 heteroatoms.